The molecule has 1 aliphatic carbocycles. The molecule has 1 fully saturated rings. The summed E-state index contributed by atoms with van der Waals surface area (Å²) in [6, 6.07) is -0.608. The first-order valence-corrected chi connectivity index (χ1v) is 12.3. The third-order valence-electron chi connectivity index (χ3n) is 5.80. The van der Waals surface area contributed by atoms with Crippen molar-refractivity contribution in [2.75, 3.05) is 13.2 Å². The van der Waals surface area contributed by atoms with Gasteiger partial charge in [0.1, 0.15) is 5.60 Å². The van der Waals surface area contributed by atoms with Gasteiger partial charge in [0.05, 0.1) is 13.2 Å². The molecule has 7 nitrogen and oxygen atoms in total. The van der Waals surface area contributed by atoms with E-state index in [9.17, 15) is 14.4 Å². The van der Waals surface area contributed by atoms with Crippen LogP contribution in [-0.4, -0.2) is 48.8 Å². The standard InChI is InChI=1S/C25H45NO6/c1-8-30-22(28)25(23(29)31-9-2,17-19-13-11-10-12-14-19)20(26-18(3)4)15-16-21(27)32-24(5,6)7/h18-20,26H,8-17H2,1-7H3. The zero-order valence-electron chi connectivity index (χ0n) is 21.3. The maximum atomic E-state index is 13.5. The van der Waals surface area contributed by atoms with Crippen LogP contribution in [0, 0.1) is 11.3 Å². The van der Waals surface area contributed by atoms with Crippen molar-refractivity contribution in [2.24, 2.45) is 11.3 Å². The van der Waals surface area contributed by atoms with Crippen molar-refractivity contribution < 1.29 is 28.6 Å². The van der Waals surface area contributed by atoms with Gasteiger partial charge in [0, 0.05) is 18.5 Å². The Bertz CT molecular complexity index is 586. The first kappa shape index (κ1) is 28.4. The summed E-state index contributed by atoms with van der Waals surface area (Å²) < 4.78 is 16.4. The Kier molecular flexibility index (Phi) is 11.7. The Morgan fingerprint density at radius 3 is 1.91 bits per heavy atom. The summed E-state index contributed by atoms with van der Waals surface area (Å²) in [5.74, 6) is -1.25. The molecule has 0 saturated heterocycles. The lowest BCUT2D eigenvalue weighted by molar-refractivity contribution is -0.178. The summed E-state index contributed by atoms with van der Waals surface area (Å²) in [5.41, 5.74) is -2.10. The molecule has 0 aromatic heterocycles. The predicted molar refractivity (Wildman–Crippen MR) is 124 cm³/mol. The van der Waals surface area contributed by atoms with Crippen molar-refractivity contribution in [3.05, 3.63) is 0 Å². The minimum absolute atomic E-state index is 0.00628. The third-order valence-corrected chi connectivity index (χ3v) is 5.80. The van der Waals surface area contributed by atoms with E-state index >= 15 is 0 Å². The summed E-state index contributed by atoms with van der Waals surface area (Å²) >= 11 is 0. The summed E-state index contributed by atoms with van der Waals surface area (Å²) in [7, 11) is 0. The molecule has 32 heavy (non-hydrogen) atoms. The number of esters is 3. The molecule has 0 bridgehead atoms. The van der Waals surface area contributed by atoms with Crippen LogP contribution in [0.5, 0.6) is 0 Å². The first-order valence-electron chi connectivity index (χ1n) is 12.3. The van der Waals surface area contributed by atoms with Gasteiger partial charge in [-0.25, -0.2) is 0 Å². The summed E-state index contributed by atoms with van der Waals surface area (Å²) in [6.45, 7) is 13.2. The lowest BCUT2D eigenvalue weighted by atomic mass is 9.68. The average molecular weight is 456 g/mol. The van der Waals surface area contributed by atoms with Crippen molar-refractivity contribution in [2.45, 2.75) is 118 Å². The van der Waals surface area contributed by atoms with Gasteiger partial charge in [0.25, 0.3) is 0 Å². The third kappa shape index (κ3) is 8.72. The van der Waals surface area contributed by atoms with Gasteiger partial charge in [0.15, 0.2) is 5.41 Å². The van der Waals surface area contributed by atoms with Gasteiger partial charge in [-0.05, 0) is 53.4 Å². The highest BCUT2D eigenvalue weighted by Crippen LogP contribution is 2.41. The first-order chi connectivity index (χ1) is 15.0. The molecule has 0 heterocycles. The fourth-order valence-electron chi connectivity index (χ4n) is 4.57. The van der Waals surface area contributed by atoms with Crippen LogP contribution in [0.15, 0.2) is 0 Å². The Hall–Kier alpha value is -1.63. The minimum atomic E-state index is -1.50. The SMILES string of the molecule is CCOC(=O)C(CC1CCCCC1)(C(=O)OCC)C(CCC(=O)OC(C)(C)C)NC(C)C. The van der Waals surface area contributed by atoms with Crippen LogP contribution < -0.4 is 5.32 Å². The Balaban J connectivity index is 3.35. The van der Waals surface area contributed by atoms with Crippen LogP contribution in [0.2, 0.25) is 0 Å². The van der Waals surface area contributed by atoms with Gasteiger partial charge in [0.2, 0.25) is 0 Å². The summed E-state index contributed by atoms with van der Waals surface area (Å²) in [4.78, 5) is 39.4. The molecular weight excluding hydrogens is 410 g/mol. The van der Waals surface area contributed by atoms with E-state index in [2.05, 4.69) is 5.32 Å². The number of ether oxygens (including phenoxy) is 3. The van der Waals surface area contributed by atoms with E-state index in [0.29, 0.717) is 6.42 Å². The van der Waals surface area contributed by atoms with Gasteiger partial charge in [-0.1, -0.05) is 46.0 Å². The number of rotatable bonds is 12. The summed E-state index contributed by atoms with van der Waals surface area (Å²) in [6.07, 6.45) is 6.03. The fourth-order valence-corrected chi connectivity index (χ4v) is 4.57. The van der Waals surface area contributed by atoms with Crippen LogP contribution in [0.1, 0.15) is 99.8 Å². The quantitative estimate of drug-likeness (QED) is 0.262. The highest BCUT2D eigenvalue weighted by molar-refractivity contribution is 6.01. The van der Waals surface area contributed by atoms with Crippen LogP contribution in [-0.2, 0) is 28.6 Å². The molecule has 1 rings (SSSR count). The van der Waals surface area contributed by atoms with Gasteiger partial charge >= 0.3 is 17.9 Å². The van der Waals surface area contributed by atoms with Crippen LogP contribution in [0.25, 0.3) is 0 Å². The van der Waals surface area contributed by atoms with Crippen LogP contribution in [0.3, 0.4) is 0 Å². The predicted octanol–water partition coefficient (Wildman–Crippen LogP) is 4.56. The number of hydrogen-bond acceptors (Lipinski definition) is 7. The topological polar surface area (TPSA) is 90.9 Å². The maximum Gasteiger partial charge on any atom is 0.325 e. The van der Waals surface area contributed by atoms with E-state index in [1.165, 1.54) is 6.42 Å². The monoisotopic (exact) mass is 455 g/mol. The maximum absolute atomic E-state index is 13.5. The van der Waals surface area contributed by atoms with Crippen molar-refractivity contribution in [1.82, 2.24) is 5.32 Å². The molecule has 7 heteroatoms. The molecule has 186 valence electrons. The largest absolute Gasteiger partial charge is 0.465 e. The lowest BCUT2D eigenvalue weighted by Gasteiger charge is -2.40. The zero-order chi connectivity index (χ0) is 24.4. The molecule has 1 N–H and O–H groups in total. The number of nitrogens with one attached hydrogen (secondary N) is 1. The fraction of sp³-hybridized carbons (Fsp3) is 0.880. The van der Waals surface area contributed by atoms with Crippen molar-refractivity contribution in [3.8, 4) is 0 Å². The van der Waals surface area contributed by atoms with E-state index in [0.717, 1.165) is 25.7 Å². The van der Waals surface area contributed by atoms with Crippen LogP contribution in [0.4, 0.5) is 0 Å². The van der Waals surface area contributed by atoms with Crippen molar-refractivity contribution in [1.29, 1.82) is 0 Å². The number of hydrogen-bond donors (Lipinski definition) is 1. The molecule has 1 unspecified atom stereocenters. The van der Waals surface area contributed by atoms with Gasteiger partial charge in [-0.3, -0.25) is 14.4 Å². The molecule has 1 atom stereocenters. The molecule has 0 radical (unpaired) electrons. The summed E-state index contributed by atoms with van der Waals surface area (Å²) in [5, 5.41) is 3.40. The van der Waals surface area contributed by atoms with Gasteiger partial charge < -0.3 is 19.5 Å². The molecule has 0 aromatic rings. The molecule has 0 aliphatic heterocycles. The lowest BCUT2D eigenvalue weighted by Crippen LogP contribution is -2.58. The molecule has 0 spiro atoms. The average Bonchev–Trinajstić information content (AvgIpc) is 2.69. The second kappa shape index (κ2) is 13.2. The van der Waals surface area contributed by atoms with E-state index in [1.807, 2.05) is 34.6 Å². The Morgan fingerprint density at radius 1 is 0.938 bits per heavy atom. The molecule has 1 saturated carbocycles. The zero-order valence-corrected chi connectivity index (χ0v) is 21.3. The van der Waals surface area contributed by atoms with Gasteiger partial charge in [-0.15, -0.1) is 0 Å². The smallest absolute Gasteiger partial charge is 0.325 e. The van der Waals surface area contributed by atoms with E-state index < -0.39 is 29.0 Å². The highest BCUT2D eigenvalue weighted by Gasteiger charge is 2.56. The number of carbonyl (C=O) groups excluding carboxylic acids is 3. The van der Waals surface area contributed by atoms with E-state index in [1.54, 1.807) is 13.8 Å². The van der Waals surface area contributed by atoms with Crippen molar-refractivity contribution in [3.63, 3.8) is 0 Å². The highest BCUT2D eigenvalue weighted by atomic mass is 16.6. The minimum Gasteiger partial charge on any atom is -0.465 e. The molecule has 0 aromatic carbocycles. The van der Waals surface area contributed by atoms with Crippen LogP contribution >= 0.6 is 0 Å². The molecule has 1 aliphatic rings. The number of carbonyl (C=O) groups is 3. The second-order valence-electron chi connectivity index (χ2n) is 10.1. The Morgan fingerprint density at radius 2 is 1.47 bits per heavy atom. The van der Waals surface area contributed by atoms with E-state index in [4.69, 9.17) is 14.2 Å². The van der Waals surface area contributed by atoms with Gasteiger partial charge in [-0.2, -0.15) is 0 Å². The second-order valence-corrected chi connectivity index (χ2v) is 10.1. The normalized spacial score (nSPS) is 16.5. The Labute approximate surface area is 194 Å². The molecular formula is C25H45NO6. The van der Waals surface area contributed by atoms with E-state index in [-0.39, 0.29) is 44.0 Å². The van der Waals surface area contributed by atoms with Crippen molar-refractivity contribution >= 4 is 17.9 Å². The molecule has 0 amide bonds.